The van der Waals surface area contributed by atoms with Gasteiger partial charge < -0.3 is 14.9 Å². The first-order valence-corrected chi connectivity index (χ1v) is 10.5. The number of aliphatic hydroxyl groups excluding tert-OH is 1. The maximum absolute atomic E-state index is 12.2. The monoisotopic (exact) mass is 382 g/mol. The van der Waals surface area contributed by atoms with Crippen LogP contribution < -0.4 is 0 Å². The molecule has 1 saturated carbocycles. The van der Waals surface area contributed by atoms with Crippen LogP contribution in [0.3, 0.4) is 0 Å². The molecule has 0 aromatic carbocycles. The minimum Gasteiger partial charge on any atom is -0.469 e. The Hall–Kier alpha value is -1.20. The Kier molecular flexibility index (Phi) is 10.9. The highest BCUT2D eigenvalue weighted by Crippen LogP contribution is 2.34. The molecule has 5 heteroatoms. The third-order valence-corrected chi connectivity index (χ3v) is 5.59. The Balaban J connectivity index is 2.42. The van der Waals surface area contributed by atoms with Crippen molar-refractivity contribution < 1.29 is 24.5 Å². The number of rotatable bonds is 13. The van der Waals surface area contributed by atoms with Crippen molar-refractivity contribution >= 4 is 11.8 Å². The standard InChI is InChI=1S/C22H38O5/c1-4-5-14-22(2,26)15-10-12-18-17(19(23)16-20(18)24)11-8-6-7-9-13-21(25)27-3/h10,12,17-18,20,24,26H,4-9,11,13-16H2,1-3H3/b12-10+/t17-,18+,20-,22-/m0/s1. The van der Waals surface area contributed by atoms with Crippen molar-refractivity contribution in [2.45, 2.75) is 96.2 Å². The molecule has 27 heavy (non-hydrogen) atoms. The van der Waals surface area contributed by atoms with Gasteiger partial charge in [0.15, 0.2) is 0 Å². The fourth-order valence-corrected chi connectivity index (χ4v) is 3.82. The largest absolute Gasteiger partial charge is 0.469 e. The average molecular weight is 383 g/mol. The number of methoxy groups -OCH3 is 1. The van der Waals surface area contributed by atoms with Crippen molar-refractivity contribution in [3.8, 4) is 0 Å². The lowest BCUT2D eigenvalue weighted by Crippen LogP contribution is -2.23. The van der Waals surface area contributed by atoms with Crippen LogP contribution in [0.4, 0.5) is 0 Å². The van der Waals surface area contributed by atoms with Gasteiger partial charge in [-0.3, -0.25) is 9.59 Å². The van der Waals surface area contributed by atoms with Gasteiger partial charge in [-0.05, 0) is 32.6 Å². The first-order chi connectivity index (χ1) is 12.8. The van der Waals surface area contributed by atoms with Crippen molar-refractivity contribution in [3.63, 3.8) is 0 Å². The number of carbonyl (C=O) groups excluding carboxylic acids is 2. The number of unbranched alkanes of at least 4 members (excludes halogenated alkanes) is 4. The molecule has 0 spiro atoms. The number of carbonyl (C=O) groups is 2. The predicted octanol–water partition coefficient (Wildman–Crippen LogP) is 3.95. The molecule has 5 nitrogen and oxygen atoms in total. The summed E-state index contributed by atoms with van der Waals surface area (Å²) in [6, 6.07) is 0. The van der Waals surface area contributed by atoms with Crippen molar-refractivity contribution in [2.24, 2.45) is 11.8 Å². The minimum absolute atomic E-state index is 0.127. The van der Waals surface area contributed by atoms with Gasteiger partial charge in [-0.1, -0.05) is 51.2 Å². The molecule has 1 aliphatic rings. The molecule has 0 aromatic heterocycles. The Morgan fingerprint density at radius 3 is 2.63 bits per heavy atom. The fourth-order valence-electron chi connectivity index (χ4n) is 3.82. The van der Waals surface area contributed by atoms with E-state index in [2.05, 4.69) is 11.7 Å². The molecular formula is C22H38O5. The maximum Gasteiger partial charge on any atom is 0.305 e. The van der Waals surface area contributed by atoms with Crippen LogP contribution in [-0.4, -0.2) is 40.8 Å². The first kappa shape index (κ1) is 23.8. The van der Waals surface area contributed by atoms with E-state index in [0.717, 1.165) is 51.4 Å². The smallest absolute Gasteiger partial charge is 0.305 e. The molecule has 2 N–H and O–H groups in total. The van der Waals surface area contributed by atoms with Crippen molar-refractivity contribution in [3.05, 3.63) is 12.2 Å². The molecule has 0 aliphatic heterocycles. The summed E-state index contributed by atoms with van der Waals surface area (Å²) < 4.78 is 4.62. The molecule has 1 rings (SSSR count). The van der Waals surface area contributed by atoms with Crippen LogP contribution in [0.25, 0.3) is 0 Å². The molecule has 0 amide bonds. The maximum atomic E-state index is 12.2. The number of hydrogen-bond acceptors (Lipinski definition) is 5. The summed E-state index contributed by atoms with van der Waals surface area (Å²) in [5.74, 6) is -0.305. The SMILES string of the molecule is CCCC[C@](C)(O)C/C=C/[C@@H]1[C@H](CCCCCCC(=O)OC)C(=O)C[C@@H]1O. The highest BCUT2D eigenvalue weighted by atomic mass is 16.5. The Bertz CT molecular complexity index is 483. The quantitative estimate of drug-likeness (QED) is 0.286. The molecular weight excluding hydrogens is 344 g/mol. The molecule has 156 valence electrons. The predicted molar refractivity (Wildman–Crippen MR) is 106 cm³/mol. The molecule has 0 saturated heterocycles. The van der Waals surface area contributed by atoms with Crippen LogP contribution >= 0.6 is 0 Å². The van der Waals surface area contributed by atoms with E-state index in [1.54, 1.807) is 0 Å². The topological polar surface area (TPSA) is 83.8 Å². The molecule has 1 fully saturated rings. The second-order valence-electron chi connectivity index (χ2n) is 8.18. The van der Waals surface area contributed by atoms with Gasteiger partial charge in [-0.25, -0.2) is 0 Å². The molecule has 1 aliphatic carbocycles. The summed E-state index contributed by atoms with van der Waals surface area (Å²) in [7, 11) is 1.40. The molecule has 0 radical (unpaired) electrons. The number of esters is 1. The number of aliphatic hydroxyl groups is 2. The zero-order valence-corrected chi connectivity index (χ0v) is 17.3. The van der Waals surface area contributed by atoms with E-state index in [9.17, 15) is 19.8 Å². The third kappa shape index (κ3) is 9.02. The minimum atomic E-state index is -0.727. The average Bonchev–Trinajstić information content (AvgIpc) is 2.89. The van der Waals surface area contributed by atoms with Gasteiger partial charge in [0.25, 0.3) is 0 Å². The summed E-state index contributed by atoms with van der Waals surface area (Å²) in [6.07, 6.45) is 11.7. The van der Waals surface area contributed by atoms with Gasteiger partial charge >= 0.3 is 5.97 Å². The van der Waals surface area contributed by atoms with Crippen LogP contribution in [-0.2, 0) is 14.3 Å². The van der Waals surface area contributed by atoms with Gasteiger partial charge in [-0.15, -0.1) is 0 Å². The summed E-state index contributed by atoms with van der Waals surface area (Å²) >= 11 is 0. The van der Waals surface area contributed by atoms with Gasteiger partial charge in [0.2, 0.25) is 0 Å². The Morgan fingerprint density at radius 2 is 1.96 bits per heavy atom. The van der Waals surface area contributed by atoms with Gasteiger partial charge in [0.1, 0.15) is 5.78 Å². The zero-order valence-electron chi connectivity index (χ0n) is 17.3. The molecule has 0 heterocycles. The van der Waals surface area contributed by atoms with Crippen molar-refractivity contribution in [1.29, 1.82) is 0 Å². The summed E-state index contributed by atoms with van der Waals surface area (Å²) in [5, 5.41) is 20.6. The van der Waals surface area contributed by atoms with Crippen LogP contribution in [0.5, 0.6) is 0 Å². The third-order valence-electron chi connectivity index (χ3n) is 5.59. The van der Waals surface area contributed by atoms with E-state index < -0.39 is 11.7 Å². The van der Waals surface area contributed by atoms with Crippen molar-refractivity contribution in [2.75, 3.05) is 7.11 Å². The normalized spacial score (nSPS) is 25.1. The fraction of sp³-hybridized carbons (Fsp3) is 0.818. The number of hydrogen-bond donors (Lipinski definition) is 2. The molecule has 0 bridgehead atoms. The van der Waals surface area contributed by atoms with E-state index in [4.69, 9.17) is 0 Å². The highest BCUT2D eigenvalue weighted by Gasteiger charge is 2.39. The number of Topliss-reactive ketones (excluding diaryl/α,β-unsaturated/α-hetero) is 1. The lowest BCUT2D eigenvalue weighted by atomic mass is 9.87. The van der Waals surface area contributed by atoms with Gasteiger partial charge in [0, 0.05) is 24.7 Å². The van der Waals surface area contributed by atoms with Crippen LogP contribution in [0.15, 0.2) is 12.2 Å². The van der Waals surface area contributed by atoms with E-state index in [0.29, 0.717) is 12.8 Å². The molecule has 4 atom stereocenters. The summed E-state index contributed by atoms with van der Waals surface area (Å²) in [6.45, 7) is 3.95. The zero-order chi connectivity index (χ0) is 20.3. The lowest BCUT2D eigenvalue weighted by Gasteiger charge is -2.22. The number of ketones is 1. The van der Waals surface area contributed by atoms with Crippen LogP contribution in [0.1, 0.15) is 84.5 Å². The number of ether oxygens (including phenoxy) is 1. The van der Waals surface area contributed by atoms with E-state index in [1.165, 1.54) is 7.11 Å². The van der Waals surface area contributed by atoms with E-state index in [-0.39, 0.29) is 30.0 Å². The summed E-state index contributed by atoms with van der Waals surface area (Å²) in [4.78, 5) is 23.3. The first-order valence-electron chi connectivity index (χ1n) is 10.5. The van der Waals surface area contributed by atoms with E-state index in [1.807, 2.05) is 19.1 Å². The second kappa shape index (κ2) is 12.3. The van der Waals surface area contributed by atoms with Gasteiger partial charge in [0.05, 0.1) is 18.8 Å². The molecule has 0 aromatic rings. The second-order valence-corrected chi connectivity index (χ2v) is 8.18. The Morgan fingerprint density at radius 1 is 1.26 bits per heavy atom. The van der Waals surface area contributed by atoms with Crippen LogP contribution in [0, 0.1) is 11.8 Å². The Labute approximate surface area is 164 Å². The lowest BCUT2D eigenvalue weighted by molar-refractivity contribution is -0.140. The van der Waals surface area contributed by atoms with Crippen molar-refractivity contribution in [1.82, 2.24) is 0 Å². The molecule has 0 unspecified atom stereocenters. The van der Waals surface area contributed by atoms with Gasteiger partial charge in [-0.2, -0.15) is 0 Å². The van der Waals surface area contributed by atoms with E-state index >= 15 is 0 Å². The van der Waals surface area contributed by atoms with Crippen LogP contribution in [0.2, 0.25) is 0 Å². The highest BCUT2D eigenvalue weighted by molar-refractivity contribution is 5.84. The summed E-state index contributed by atoms with van der Waals surface area (Å²) in [5.41, 5.74) is -0.727.